The van der Waals surface area contributed by atoms with E-state index in [0.29, 0.717) is 19.0 Å². The molecular formula is C16H17F3N6O5S. The first-order valence-corrected chi connectivity index (χ1v) is 9.85. The van der Waals surface area contributed by atoms with E-state index in [9.17, 15) is 22.8 Å². The van der Waals surface area contributed by atoms with Gasteiger partial charge in [0.15, 0.2) is 0 Å². The lowest BCUT2D eigenvalue weighted by molar-refractivity contribution is -0.192. The lowest BCUT2D eigenvalue weighted by Crippen LogP contribution is -2.29. The van der Waals surface area contributed by atoms with Crippen molar-refractivity contribution >= 4 is 35.1 Å². The van der Waals surface area contributed by atoms with Gasteiger partial charge in [-0.2, -0.15) is 18.2 Å². The zero-order valence-electron chi connectivity index (χ0n) is 15.8. The fourth-order valence-corrected chi connectivity index (χ4v) is 3.89. The predicted molar refractivity (Wildman–Crippen MR) is 99.2 cm³/mol. The van der Waals surface area contributed by atoms with Crippen molar-refractivity contribution < 1.29 is 37.8 Å². The summed E-state index contributed by atoms with van der Waals surface area (Å²) in [5, 5.41) is 24.3. The molecule has 0 radical (unpaired) electrons. The van der Waals surface area contributed by atoms with E-state index in [4.69, 9.17) is 15.0 Å². The van der Waals surface area contributed by atoms with Crippen LogP contribution in [0.5, 0.6) is 0 Å². The summed E-state index contributed by atoms with van der Waals surface area (Å²) in [6, 6.07) is 0. The molecule has 3 N–H and O–H groups in total. The third-order valence-electron chi connectivity index (χ3n) is 4.49. The Balaban J connectivity index is 0.000000339. The molecule has 15 heteroatoms. The third kappa shape index (κ3) is 5.28. The standard InChI is InChI=1S/C14H16N6O3S.C2HF3O2/c21-12(10-17-14-15-3-1-4-20(14)18-10)19-5-2-8(7-19)11-16-6-9(24-11)13(22)23;3-2(4,5)1(6)7/h6,8H,1-5,7H2,(H,22,23)(H,15,17,18);(H,6,7). The number of anilines is 1. The van der Waals surface area contributed by atoms with Crippen LogP contribution < -0.4 is 5.32 Å². The minimum absolute atomic E-state index is 0.0717. The molecule has 0 bridgehead atoms. The third-order valence-corrected chi connectivity index (χ3v) is 5.64. The summed E-state index contributed by atoms with van der Waals surface area (Å²) in [6.07, 6.45) is -1.97. The average Bonchev–Trinajstić information content (AvgIpc) is 3.45. The minimum atomic E-state index is -5.08. The molecule has 2 aromatic heterocycles. The number of carboxylic acid groups (broad SMARTS) is 2. The van der Waals surface area contributed by atoms with Gasteiger partial charge >= 0.3 is 18.1 Å². The summed E-state index contributed by atoms with van der Waals surface area (Å²) in [5.74, 6) is -2.98. The Morgan fingerprint density at radius 1 is 1.23 bits per heavy atom. The molecule has 0 spiro atoms. The number of hydrogen-bond donors (Lipinski definition) is 3. The second kappa shape index (κ2) is 8.87. The molecule has 1 amide bonds. The second-order valence-corrected chi connectivity index (χ2v) is 7.73. The number of rotatable bonds is 3. The highest BCUT2D eigenvalue weighted by Crippen LogP contribution is 2.31. The van der Waals surface area contributed by atoms with Gasteiger partial charge in [-0.1, -0.05) is 0 Å². The Labute approximate surface area is 176 Å². The highest BCUT2D eigenvalue weighted by atomic mass is 32.1. The number of alkyl halides is 3. The van der Waals surface area contributed by atoms with Crippen LogP contribution in [0.2, 0.25) is 0 Å². The van der Waals surface area contributed by atoms with Crippen molar-refractivity contribution in [3.8, 4) is 0 Å². The molecule has 0 aromatic carbocycles. The number of halogens is 3. The molecule has 2 aliphatic heterocycles. The predicted octanol–water partition coefficient (Wildman–Crippen LogP) is 1.51. The molecule has 0 aliphatic carbocycles. The Hall–Kier alpha value is -3.23. The largest absolute Gasteiger partial charge is 0.490 e. The van der Waals surface area contributed by atoms with Crippen molar-refractivity contribution in [2.24, 2.45) is 0 Å². The van der Waals surface area contributed by atoms with E-state index in [1.54, 1.807) is 9.58 Å². The van der Waals surface area contributed by atoms with Crippen LogP contribution >= 0.6 is 11.3 Å². The second-order valence-electron chi connectivity index (χ2n) is 6.67. The van der Waals surface area contributed by atoms with Gasteiger partial charge in [-0.25, -0.2) is 19.3 Å². The Kier molecular flexibility index (Phi) is 6.42. The number of aliphatic carboxylic acids is 1. The van der Waals surface area contributed by atoms with E-state index < -0.39 is 18.1 Å². The quantitative estimate of drug-likeness (QED) is 0.617. The molecule has 31 heavy (non-hydrogen) atoms. The van der Waals surface area contributed by atoms with Crippen molar-refractivity contribution in [1.29, 1.82) is 0 Å². The van der Waals surface area contributed by atoms with Gasteiger partial charge in [0.25, 0.3) is 5.91 Å². The van der Waals surface area contributed by atoms with Crippen LogP contribution in [0.15, 0.2) is 6.20 Å². The number of aromatic nitrogens is 4. The Bertz CT molecular complexity index is 967. The number of amides is 1. The summed E-state index contributed by atoms with van der Waals surface area (Å²) in [5.41, 5.74) is 0. The fraction of sp³-hybridized carbons (Fsp3) is 0.500. The van der Waals surface area contributed by atoms with Crippen LogP contribution in [-0.4, -0.2) is 78.5 Å². The lowest BCUT2D eigenvalue weighted by Gasteiger charge is -2.13. The molecule has 11 nitrogen and oxygen atoms in total. The summed E-state index contributed by atoms with van der Waals surface area (Å²) in [7, 11) is 0. The topological polar surface area (TPSA) is 151 Å². The fourth-order valence-electron chi connectivity index (χ4n) is 3.01. The number of carboxylic acids is 2. The number of carbonyl (C=O) groups excluding carboxylic acids is 1. The van der Waals surface area contributed by atoms with Crippen molar-refractivity contribution in [2.75, 3.05) is 25.0 Å². The van der Waals surface area contributed by atoms with E-state index in [0.717, 1.165) is 30.9 Å². The summed E-state index contributed by atoms with van der Waals surface area (Å²) in [6.45, 7) is 2.72. The van der Waals surface area contributed by atoms with Crippen LogP contribution in [0.3, 0.4) is 0 Å². The number of nitrogens with one attached hydrogen (secondary N) is 1. The molecule has 1 fully saturated rings. The molecule has 2 aromatic rings. The molecule has 4 rings (SSSR count). The summed E-state index contributed by atoms with van der Waals surface area (Å²) in [4.78, 5) is 42.9. The number of thiazole rings is 1. The van der Waals surface area contributed by atoms with Gasteiger partial charge in [0.05, 0.1) is 11.2 Å². The normalized spacial score (nSPS) is 17.9. The van der Waals surface area contributed by atoms with Gasteiger partial charge in [-0.05, 0) is 12.8 Å². The van der Waals surface area contributed by atoms with Crippen molar-refractivity contribution in [3.63, 3.8) is 0 Å². The minimum Gasteiger partial charge on any atom is -0.477 e. The maximum Gasteiger partial charge on any atom is 0.490 e. The molecule has 168 valence electrons. The SMILES string of the molecule is O=C(O)C(F)(F)F.O=C(O)c1cnc(C2CCN(C(=O)c3nc4n(n3)CCCN4)C2)s1. The summed E-state index contributed by atoms with van der Waals surface area (Å²) >= 11 is 1.18. The van der Waals surface area contributed by atoms with E-state index in [2.05, 4.69) is 20.4 Å². The van der Waals surface area contributed by atoms with Crippen LogP contribution in [0, 0.1) is 0 Å². The number of fused-ring (bicyclic) bond motifs is 1. The maximum atomic E-state index is 12.6. The first-order valence-electron chi connectivity index (χ1n) is 9.03. The van der Waals surface area contributed by atoms with Crippen LogP contribution in [0.25, 0.3) is 0 Å². The summed E-state index contributed by atoms with van der Waals surface area (Å²) < 4.78 is 33.5. The number of nitrogens with zero attached hydrogens (tertiary/aromatic N) is 5. The van der Waals surface area contributed by atoms with E-state index in [-0.39, 0.29) is 22.5 Å². The highest BCUT2D eigenvalue weighted by molar-refractivity contribution is 7.13. The monoisotopic (exact) mass is 462 g/mol. The Morgan fingerprint density at radius 3 is 2.52 bits per heavy atom. The number of carbonyl (C=O) groups is 3. The van der Waals surface area contributed by atoms with Crippen LogP contribution in [0.1, 0.15) is 44.1 Å². The molecular weight excluding hydrogens is 445 g/mol. The first-order chi connectivity index (χ1) is 14.6. The highest BCUT2D eigenvalue weighted by Gasteiger charge is 2.38. The van der Waals surface area contributed by atoms with Gasteiger partial charge in [0.1, 0.15) is 4.88 Å². The smallest absolute Gasteiger partial charge is 0.477 e. The lowest BCUT2D eigenvalue weighted by atomic mass is 10.1. The van der Waals surface area contributed by atoms with Gasteiger partial charge in [-0.3, -0.25) is 4.79 Å². The van der Waals surface area contributed by atoms with Gasteiger partial charge in [-0.15, -0.1) is 16.4 Å². The van der Waals surface area contributed by atoms with Gasteiger partial charge < -0.3 is 20.4 Å². The molecule has 1 atom stereocenters. The molecule has 2 aliphatic rings. The molecule has 1 saturated heterocycles. The zero-order valence-corrected chi connectivity index (χ0v) is 16.6. The number of likely N-dealkylation sites (tertiary alicyclic amines) is 1. The first kappa shape index (κ1) is 22.5. The van der Waals surface area contributed by atoms with Crippen molar-refractivity contribution in [1.82, 2.24) is 24.6 Å². The maximum absolute atomic E-state index is 12.6. The number of aryl methyl sites for hydroxylation is 1. The average molecular weight is 462 g/mol. The van der Waals surface area contributed by atoms with Crippen molar-refractivity contribution in [3.05, 3.63) is 21.9 Å². The Morgan fingerprint density at radius 2 is 1.94 bits per heavy atom. The van der Waals surface area contributed by atoms with Crippen LogP contribution in [-0.2, 0) is 11.3 Å². The molecule has 4 heterocycles. The van der Waals surface area contributed by atoms with E-state index in [1.807, 2.05) is 0 Å². The number of aromatic carboxylic acids is 1. The molecule has 0 saturated carbocycles. The van der Waals surface area contributed by atoms with Gasteiger partial charge in [0, 0.05) is 32.1 Å². The van der Waals surface area contributed by atoms with E-state index in [1.165, 1.54) is 17.5 Å². The zero-order chi connectivity index (χ0) is 22.8. The van der Waals surface area contributed by atoms with Crippen molar-refractivity contribution in [2.45, 2.75) is 31.5 Å². The molecule has 1 unspecified atom stereocenters. The number of hydrogen-bond acceptors (Lipinski definition) is 8. The van der Waals surface area contributed by atoms with Crippen LogP contribution in [0.4, 0.5) is 19.1 Å². The van der Waals surface area contributed by atoms with Gasteiger partial charge in [0.2, 0.25) is 11.8 Å². The van der Waals surface area contributed by atoms with E-state index >= 15 is 0 Å².